The van der Waals surface area contributed by atoms with Crippen molar-refractivity contribution >= 4 is 17.5 Å². The van der Waals surface area contributed by atoms with E-state index in [9.17, 15) is 9.59 Å². The fraction of sp³-hybridized carbons (Fsp3) is 0.579. The number of rotatable bonds is 3. The Labute approximate surface area is 147 Å². The van der Waals surface area contributed by atoms with Crippen LogP contribution in [-0.2, 0) is 9.53 Å². The molecule has 1 aliphatic carbocycles. The fourth-order valence-corrected chi connectivity index (χ4v) is 5.15. The van der Waals surface area contributed by atoms with Gasteiger partial charge < -0.3 is 19.7 Å². The maximum Gasteiger partial charge on any atom is 0.262 e. The van der Waals surface area contributed by atoms with Crippen molar-refractivity contribution in [1.82, 2.24) is 4.90 Å². The minimum Gasteiger partial charge on any atom is -0.482 e. The van der Waals surface area contributed by atoms with Crippen molar-refractivity contribution in [2.24, 2.45) is 16.7 Å². The summed E-state index contributed by atoms with van der Waals surface area (Å²) in [6.45, 7) is 6.74. The van der Waals surface area contributed by atoms with Gasteiger partial charge >= 0.3 is 0 Å². The predicted octanol–water partition coefficient (Wildman–Crippen LogP) is 2.15. The molecule has 2 heterocycles. The van der Waals surface area contributed by atoms with E-state index in [1.165, 1.54) is 0 Å². The Morgan fingerprint density at radius 3 is 2.96 bits per heavy atom. The van der Waals surface area contributed by atoms with Crippen LogP contribution in [-0.4, -0.2) is 50.1 Å². The van der Waals surface area contributed by atoms with Crippen LogP contribution >= 0.6 is 0 Å². The molecule has 2 amide bonds. The molecular formula is C19H24N2O4. The van der Waals surface area contributed by atoms with Gasteiger partial charge in [-0.25, -0.2) is 0 Å². The number of nitrogens with one attached hydrogen (secondary N) is 1. The maximum atomic E-state index is 13.0. The predicted molar refractivity (Wildman–Crippen MR) is 92.7 cm³/mol. The molecule has 3 aliphatic rings. The van der Waals surface area contributed by atoms with Crippen LogP contribution in [0.25, 0.3) is 0 Å². The molecule has 1 saturated carbocycles. The molecule has 1 aromatic carbocycles. The minimum absolute atomic E-state index is 0.0123. The standard InChI is InChI=1S/C19H24N2O4/c1-18(2)9-19(11-24-3)10-21(7-15(18)19)17(23)12-4-5-13-14(6-12)25-8-16(22)20-13/h4-6,15H,7-11H2,1-3H3,(H,20,22)/t15-,19-/m1/s1. The van der Waals surface area contributed by atoms with Gasteiger partial charge in [-0.3, -0.25) is 9.59 Å². The molecule has 1 saturated heterocycles. The smallest absolute Gasteiger partial charge is 0.262 e. The number of carbonyl (C=O) groups is 2. The molecule has 6 nitrogen and oxygen atoms in total. The number of fused-ring (bicyclic) bond motifs is 2. The first-order valence-electron chi connectivity index (χ1n) is 8.70. The first-order valence-corrected chi connectivity index (χ1v) is 8.70. The number of nitrogens with zero attached hydrogens (tertiary/aromatic N) is 1. The summed E-state index contributed by atoms with van der Waals surface area (Å²) in [6, 6.07) is 5.22. The van der Waals surface area contributed by atoms with Crippen LogP contribution in [0, 0.1) is 16.7 Å². The van der Waals surface area contributed by atoms with Crippen LogP contribution in [0.4, 0.5) is 5.69 Å². The Morgan fingerprint density at radius 2 is 2.24 bits per heavy atom. The lowest BCUT2D eigenvalue weighted by Crippen LogP contribution is -2.55. The van der Waals surface area contributed by atoms with Gasteiger partial charge in [-0.2, -0.15) is 0 Å². The second-order valence-corrected chi connectivity index (χ2v) is 8.25. The molecule has 0 spiro atoms. The van der Waals surface area contributed by atoms with Crippen molar-refractivity contribution in [3.05, 3.63) is 23.8 Å². The number of amides is 2. The molecular weight excluding hydrogens is 320 g/mol. The average Bonchev–Trinajstić information content (AvgIpc) is 2.88. The van der Waals surface area contributed by atoms with E-state index in [4.69, 9.17) is 9.47 Å². The van der Waals surface area contributed by atoms with Crippen LogP contribution in [0.1, 0.15) is 30.6 Å². The molecule has 2 atom stereocenters. The molecule has 2 fully saturated rings. The fourth-order valence-electron chi connectivity index (χ4n) is 5.15. The summed E-state index contributed by atoms with van der Waals surface area (Å²) in [5.41, 5.74) is 1.55. The number of hydrogen-bond donors (Lipinski definition) is 1. The Kier molecular flexibility index (Phi) is 3.58. The summed E-state index contributed by atoms with van der Waals surface area (Å²) in [5, 5.41) is 2.75. The summed E-state index contributed by atoms with van der Waals surface area (Å²) in [5.74, 6) is 0.868. The quantitative estimate of drug-likeness (QED) is 0.912. The largest absolute Gasteiger partial charge is 0.482 e. The van der Waals surface area contributed by atoms with Crippen molar-refractivity contribution in [3.8, 4) is 5.75 Å². The number of anilines is 1. The van der Waals surface area contributed by atoms with Crippen molar-refractivity contribution in [1.29, 1.82) is 0 Å². The zero-order valence-electron chi connectivity index (χ0n) is 14.9. The molecule has 0 radical (unpaired) electrons. The van der Waals surface area contributed by atoms with Crippen LogP contribution in [0.15, 0.2) is 18.2 Å². The van der Waals surface area contributed by atoms with E-state index in [0.29, 0.717) is 29.5 Å². The molecule has 1 aromatic rings. The lowest BCUT2D eigenvalue weighted by Gasteiger charge is -2.56. The third-order valence-corrected chi connectivity index (χ3v) is 5.98. The Balaban J connectivity index is 1.55. The Morgan fingerprint density at radius 1 is 1.44 bits per heavy atom. The van der Waals surface area contributed by atoms with Crippen molar-refractivity contribution in [2.75, 3.05) is 38.7 Å². The van der Waals surface area contributed by atoms with E-state index in [2.05, 4.69) is 19.2 Å². The zero-order chi connectivity index (χ0) is 17.8. The number of carbonyl (C=O) groups excluding carboxylic acids is 2. The SMILES string of the molecule is COC[C@@]12CN(C(=O)c3ccc4c(c3)OCC(=O)N4)C[C@@H]1C(C)(C)C2. The first kappa shape index (κ1) is 16.4. The third kappa shape index (κ3) is 2.51. The van der Waals surface area contributed by atoms with Crippen LogP contribution in [0.3, 0.4) is 0 Å². The number of methoxy groups -OCH3 is 1. The number of likely N-dealkylation sites (tertiary alicyclic amines) is 1. The van der Waals surface area contributed by atoms with E-state index >= 15 is 0 Å². The lowest BCUT2D eigenvalue weighted by atomic mass is 9.48. The Bertz CT molecular complexity index is 745. The van der Waals surface area contributed by atoms with Gasteiger partial charge in [0.25, 0.3) is 11.8 Å². The highest BCUT2D eigenvalue weighted by Crippen LogP contribution is 2.62. The molecule has 0 aromatic heterocycles. The molecule has 4 rings (SSSR count). The van der Waals surface area contributed by atoms with Crippen LogP contribution in [0.2, 0.25) is 0 Å². The minimum atomic E-state index is -0.175. The Hall–Kier alpha value is -2.08. The van der Waals surface area contributed by atoms with Gasteiger partial charge in [-0.1, -0.05) is 13.8 Å². The van der Waals surface area contributed by atoms with Gasteiger partial charge in [-0.15, -0.1) is 0 Å². The normalized spacial score (nSPS) is 29.2. The van der Waals surface area contributed by atoms with E-state index < -0.39 is 0 Å². The van der Waals surface area contributed by atoms with Gasteiger partial charge in [0.05, 0.1) is 12.3 Å². The molecule has 25 heavy (non-hydrogen) atoms. The zero-order valence-corrected chi connectivity index (χ0v) is 14.9. The van der Waals surface area contributed by atoms with Crippen molar-refractivity contribution in [3.63, 3.8) is 0 Å². The van der Waals surface area contributed by atoms with Gasteiger partial charge in [0.1, 0.15) is 5.75 Å². The highest BCUT2D eigenvalue weighted by molar-refractivity contribution is 5.99. The first-order chi connectivity index (χ1) is 11.8. The number of hydrogen-bond acceptors (Lipinski definition) is 4. The van der Waals surface area contributed by atoms with E-state index in [0.717, 1.165) is 19.5 Å². The third-order valence-electron chi connectivity index (χ3n) is 5.98. The molecule has 6 heteroatoms. The molecule has 1 N–H and O–H groups in total. The topological polar surface area (TPSA) is 67.9 Å². The summed E-state index contributed by atoms with van der Waals surface area (Å²) in [7, 11) is 1.73. The van der Waals surface area contributed by atoms with Gasteiger partial charge in [0.15, 0.2) is 6.61 Å². The van der Waals surface area contributed by atoms with Crippen molar-refractivity contribution in [2.45, 2.75) is 20.3 Å². The molecule has 2 aliphatic heterocycles. The number of ether oxygens (including phenoxy) is 2. The molecule has 134 valence electrons. The summed E-state index contributed by atoms with van der Waals surface area (Å²) < 4.78 is 10.9. The van der Waals surface area contributed by atoms with E-state index in [1.807, 2.05) is 4.90 Å². The van der Waals surface area contributed by atoms with Gasteiger partial charge in [0, 0.05) is 31.2 Å². The monoisotopic (exact) mass is 344 g/mol. The van der Waals surface area contributed by atoms with Crippen LogP contribution in [0.5, 0.6) is 5.75 Å². The van der Waals surface area contributed by atoms with Crippen LogP contribution < -0.4 is 10.1 Å². The average molecular weight is 344 g/mol. The summed E-state index contributed by atoms with van der Waals surface area (Å²) in [4.78, 5) is 26.3. The molecule has 0 bridgehead atoms. The van der Waals surface area contributed by atoms with Gasteiger partial charge in [0.2, 0.25) is 0 Å². The van der Waals surface area contributed by atoms with Crippen molar-refractivity contribution < 1.29 is 19.1 Å². The van der Waals surface area contributed by atoms with Gasteiger partial charge in [-0.05, 0) is 36.0 Å². The second-order valence-electron chi connectivity index (χ2n) is 8.25. The highest BCUT2D eigenvalue weighted by atomic mass is 16.5. The highest BCUT2D eigenvalue weighted by Gasteiger charge is 2.63. The summed E-state index contributed by atoms with van der Waals surface area (Å²) in [6.07, 6.45) is 1.08. The number of benzene rings is 1. The van der Waals surface area contributed by atoms with E-state index in [-0.39, 0.29) is 29.3 Å². The van der Waals surface area contributed by atoms with E-state index in [1.54, 1.807) is 25.3 Å². The lowest BCUT2D eigenvalue weighted by molar-refractivity contribution is -0.118. The maximum absolute atomic E-state index is 13.0. The molecule has 0 unspecified atom stereocenters. The second kappa shape index (κ2) is 5.46. The summed E-state index contributed by atoms with van der Waals surface area (Å²) >= 11 is 0.